The molecule has 0 radical (unpaired) electrons. The maximum atomic E-state index is 11.8. The van der Waals surface area contributed by atoms with E-state index in [0.717, 1.165) is 30.6 Å². The Kier molecular flexibility index (Phi) is 5.93. The van der Waals surface area contributed by atoms with Crippen LogP contribution in [0.1, 0.15) is 47.0 Å². The van der Waals surface area contributed by atoms with Crippen LogP contribution in [0.15, 0.2) is 9.95 Å². The molecule has 1 fully saturated rings. The van der Waals surface area contributed by atoms with E-state index in [-0.39, 0.29) is 5.69 Å². The highest BCUT2D eigenvalue weighted by Gasteiger charge is 2.35. The van der Waals surface area contributed by atoms with Gasteiger partial charge >= 0.3 is 5.69 Å². The highest BCUT2D eigenvalue weighted by atomic mass is 32.2. The average molecular weight is 312 g/mol. The first-order valence-corrected chi connectivity index (χ1v) is 9.00. The third-order valence-corrected chi connectivity index (χ3v) is 5.85. The fraction of sp³-hybridized carbons (Fsp3) is 0.867. The lowest BCUT2D eigenvalue weighted by atomic mass is 9.80. The van der Waals surface area contributed by atoms with Gasteiger partial charge in [-0.1, -0.05) is 39.5 Å². The molecule has 0 amide bonds. The zero-order valence-electron chi connectivity index (χ0n) is 13.6. The van der Waals surface area contributed by atoms with E-state index in [9.17, 15) is 4.79 Å². The largest absolute Gasteiger partial charge is 0.343 e. The van der Waals surface area contributed by atoms with E-state index in [1.165, 1.54) is 12.8 Å². The highest BCUT2D eigenvalue weighted by Crippen LogP contribution is 2.38. The molecule has 2 rings (SSSR count). The van der Waals surface area contributed by atoms with Crippen LogP contribution in [0.5, 0.6) is 0 Å². The molecule has 0 bridgehead atoms. The fourth-order valence-corrected chi connectivity index (χ4v) is 4.78. The number of nitrogens with one attached hydrogen (secondary N) is 2. The van der Waals surface area contributed by atoms with Gasteiger partial charge < -0.3 is 5.32 Å². The Labute approximate surface area is 131 Å². The van der Waals surface area contributed by atoms with Crippen LogP contribution < -0.4 is 11.0 Å². The van der Waals surface area contributed by atoms with Crippen molar-refractivity contribution in [2.24, 2.45) is 11.8 Å². The van der Waals surface area contributed by atoms with Crippen LogP contribution >= 0.6 is 11.8 Å². The SMILES string of the molecule is CCCn1c(SC2C(C)CC(C)CC2NCC)n[nH]c1=O. The van der Waals surface area contributed by atoms with E-state index < -0.39 is 0 Å². The molecule has 0 aliphatic heterocycles. The van der Waals surface area contributed by atoms with Crippen LogP contribution in [0.25, 0.3) is 0 Å². The van der Waals surface area contributed by atoms with Crippen LogP contribution in [-0.2, 0) is 6.54 Å². The van der Waals surface area contributed by atoms with Gasteiger partial charge in [0, 0.05) is 17.8 Å². The van der Waals surface area contributed by atoms with Crippen molar-refractivity contribution in [2.45, 2.75) is 70.0 Å². The molecule has 21 heavy (non-hydrogen) atoms. The van der Waals surface area contributed by atoms with E-state index in [1.54, 1.807) is 16.3 Å². The summed E-state index contributed by atoms with van der Waals surface area (Å²) in [6.45, 7) is 10.6. The average Bonchev–Trinajstić information content (AvgIpc) is 2.76. The number of rotatable bonds is 6. The summed E-state index contributed by atoms with van der Waals surface area (Å²) in [4.78, 5) is 11.8. The van der Waals surface area contributed by atoms with Crippen molar-refractivity contribution in [3.8, 4) is 0 Å². The summed E-state index contributed by atoms with van der Waals surface area (Å²) < 4.78 is 1.78. The molecule has 1 aromatic heterocycles. The van der Waals surface area contributed by atoms with Gasteiger partial charge in [0.2, 0.25) is 0 Å². The molecule has 1 heterocycles. The summed E-state index contributed by atoms with van der Waals surface area (Å²) >= 11 is 1.77. The summed E-state index contributed by atoms with van der Waals surface area (Å²) in [5.74, 6) is 1.39. The van der Waals surface area contributed by atoms with Crippen LogP contribution in [0.4, 0.5) is 0 Å². The molecule has 1 saturated carbocycles. The van der Waals surface area contributed by atoms with E-state index >= 15 is 0 Å². The molecule has 0 aromatic carbocycles. The quantitative estimate of drug-likeness (QED) is 0.847. The van der Waals surface area contributed by atoms with Crippen LogP contribution in [-0.4, -0.2) is 32.6 Å². The third-order valence-electron chi connectivity index (χ3n) is 4.27. The Bertz CT molecular complexity index is 498. The molecule has 1 aromatic rings. The molecule has 1 aliphatic carbocycles. The second-order valence-electron chi connectivity index (χ2n) is 6.26. The smallest absolute Gasteiger partial charge is 0.313 e. The summed E-state index contributed by atoms with van der Waals surface area (Å²) in [5.41, 5.74) is -0.0869. The third kappa shape index (κ3) is 3.92. The van der Waals surface area contributed by atoms with E-state index in [4.69, 9.17) is 0 Å². The van der Waals surface area contributed by atoms with Gasteiger partial charge in [0.25, 0.3) is 0 Å². The van der Waals surface area contributed by atoms with Crippen molar-refractivity contribution in [1.29, 1.82) is 0 Å². The molecule has 0 saturated heterocycles. The minimum absolute atomic E-state index is 0.0869. The Morgan fingerprint density at radius 2 is 2.14 bits per heavy atom. The standard InChI is InChI=1S/C15H28N4OS/c1-5-7-19-14(20)17-18-15(19)21-13-11(4)8-10(3)9-12(13)16-6-2/h10-13,16H,5-9H2,1-4H3,(H,17,20). The second-order valence-corrected chi connectivity index (χ2v) is 7.41. The maximum Gasteiger partial charge on any atom is 0.343 e. The molecule has 1 aliphatic rings. The second kappa shape index (κ2) is 7.49. The lowest BCUT2D eigenvalue weighted by molar-refractivity contribution is 0.251. The van der Waals surface area contributed by atoms with Crippen LogP contribution in [0.3, 0.4) is 0 Å². The molecule has 6 heteroatoms. The molecule has 2 N–H and O–H groups in total. The minimum Gasteiger partial charge on any atom is -0.313 e. The number of thioether (sulfide) groups is 1. The van der Waals surface area contributed by atoms with E-state index in [1.807, 2.05) is 0 Å². The topological polar surface area (TPSA) is 62.7 Å². The van der Waals surface area contributed by atoms with Crippen LogP contribution in [0, 0.1) is 11.8 Å². The van der Waals surface area contributed by atoms with Crippen molar-refractivity contribution in [3.05, 3.63) is 10.5 Å². The highest BCUT2D eigenvalue weighted by molar-refractivity contribution is 7.99. The monoisotopic (exact) mass is 312 g/mol. The van der Waals surface area contributed by atoms with Gasteiger partial charge in [-0.2, -0.15) is 0 Å². The van der Waals surface area contributed by atoms with Gasteiger partial charge in [0.1, 0.15) is 0 Å². The molecule has 120 valence electrons. The van der Waals surface area contributed by atoms with Crippen molar-refractivity contribution in [1.82, 2.24) is 20.1 Å². The Morgan fingerprint density at radius 1 is 1.38 bits per heavy atom. The normalized spacial score (nSPS) is 29.7. The summed E-state index contributed by atoms with van der Waals surface area (Å²) in [7, 11) is 0. The van der Waals surface area contributed by atoms with Gasteiger partial charge in [0.05, 0.1) is 0 Å². The first-order valence-electron chi connectivity index (χ1n) is 8.12. The van der Waals surface area contributed by atoms with Gasteiger partial charge in [-0.3, -0.25) is 4.57 Å². The Hall–Kier alpha value is -0.750. The molecule has 4 unspecified atom stereocenters. The number of nitrogens with zero attached hydrogens (tertiary/aromatic N) is 2. The summed E-state index contributed by atoms with van der Waals surface area (Å²) in [6.07, 6.45) is 3.40. The van der Waals surface area contributed by atoms with Crippen molar-refractivity contribution < 1.29 is 0 Å². The van der Waals surface area contributed by atoms with Crippen molar-refractivity contribution in [2.75, 3.05) is 6.54 Å². The summed E-state index contributed by atoms with van der Waals surface area (Å²) in [5, 5.41) is 11.8. The first-order chi connectivity index (χ1) is 10.1. The van der Waals surface area contributed by atoms with Crippen molar-refractivity contribution >= 4 is 11.8 Å². The molecule has 0 spiro atoms. The number of hydrogen-bond acceptors (Lipinski definition) is 4. The lowest BCUT2D eigenvalue weighted by Crippen LogP contribution is -2.46. The molecular weight excluding hydrogens is 284 g/mol. The predicted molar refractivity (Wildman–Crippen MR) is 87.8 cm³/mol. The van der Waals surface area contributed by atoms with Crippen LogP contribution in [0.2, 0.25) is 0 Å². The zero-order chi connectivity index (χ0) is 15.4. The number of aromatic amines is 1. The number of hydrogen-bond donors (Lipinski definition) is 2. The summed E-state index contributed by atoms with van der Waals surface area (Å²) in [6, 6.07) is 0.501. The van der Waals surface area contributed by atoms with Gasteiger partial charge in [-0.15, -0.1) is 5.10 Å². The predicted octanol–water partition coefficient (Wildman–Crippen LogP) is 2.49. The zero-order valence-corrected chi connectivity index (χ0v) is 14.4. The van der Waals surface area contributed by atoms with E-state index in [2.05, 4.69) is 43.2 Å². The minimum atomic E-state index is -0.0869. The number of aromatic nitrogens is 3. The Morgan fingerprint density at radius 3 is 2.81 bits per heavy atom. The van der Waals surface area contributed by atoms with E-state index in [0.29, 0.717) is 17.2 Å². The maximum absolute atomic E-state index is 11.8. The first kappa shape index (κ1) is 16.6. The lowest BCUT2D eigenvalue weighted by Gasteiger charge is -2.39. The van der Waals surface area contributed by atoms with Crippen molar-refractivity contribution in [3.63, 3.8) is 0 Å². The molecule has 4 atom stereocenters. The Balaban J connectivity index is 2.17. The molecular formula is C15H28N4OS. The number of H-pyrrole nitrogens is 1. The van der Waals surface area contributed by atoms with Gasteiger partial charge in [-0.25, -0.2) is 9.89 Å². The molecule has 5 nitrogen and oxygen atoms in total. The fourth-order valence-electron chi connectivity index (χ4n) is 3.42. The van der Waals surface area contributed by atoms with Gasteiger partial charge in [0.15, 0.2) is 5.16 Å². The van der Waals surface area contributed by atoms with Gasteiger partial charge in [-0.05, 0) is 37.6 Å².